The van der Waals surface area contributed by atoms with Crippen molar-refractivity contribution in [2.75, 3.05) is 13.2 Å². The van der Waals surface area contributed by atoms with E-state index in [2.05, 4.69) is 15.9 Å². The van der Waals surface area contributed by atoms with Crippen molar-refractivity contribution in [3.63, 3.8) is 0 Å². The summed E-state index contributed by atoms with van der Waals surface area (Å²) < 4.78 is 22.9. The molecule has 0 radical (unpaired) electrons. The first kappa shape index (κ1) is 18.9. The van der Waals surface area contributed by atoms with Crippen LogP contribution in [0.2, 0.25) is 0 Å². The van der Waals surface area contributed by atoms with Crippen LogP contribution in [-0.2, 0) is 25.6 Å². The second-order valence-electron chi connectivity index (χ2n) is 5.78. The highest BCUT2D eigenvalue weighted by Gasteiger charge is 2.67. The van der Waals surface area contributed by atoms with Gasteiger partial charge in [-0.05, 0) is 31.5 Å². The van der Waals surface area contributed by atoms with E-state index < -0.39 is 17.9 Å². The zero-order valence-corrected chi connectivity index (χ0v) is 16.3. The molecule has 0 aromatic heterocycles. The minimum Gasteiger partial charge on any atom is -0.489 e. The maximum atomic E-state index is 12.2. The third kappa shape index (κ3) is 3.92. The van der Waals surface area contributed by atoms with Gasteiger partial charge in [-0.15, -0.1) is 0 Å². The lowest BCUT2D eigenvalue weighted by molar-refractivity contribution is -0.170. The van der Waals surface area contributed by atoms with Gasteiger partial charge in [-0.2, -0.15) is 0 Å². The van der Waals surface area contributed by atoms with E-state index in [9.17, 15) is 4.79 Å². The molecule has 2 aromatic rings. The van der Waals surface area contributed by atoms with Gasteiger partial charge in [0, 0.05) is 16.6 Å². The molecular formula is C20H21BrO5. The summed E-state index contributed by atoms with van der Waals surface area (Å²) >= 11 is 3.54. The Morgan fingerprint density at radius 1 is 1.15 bits per heavy atom. The third-order valence-electron chi connectivity index (χ3n) is 4.00. The van der Waals surface area contributed by atoms with Gasteiger partial charge in [0.1, 0.15) is 12.4 Å². The number of carbonyl (C=O) groups is 1. The first-order valence-corrected chi connectivity index (χ1v) is 9.35. The molecule has 0 bridgehead atoms. The van der Waals surface area contributed by atoms with Crippen LogP contribution in [0, 0.1) is 0 Å². The van der Waals surface area contributed by atoms with Crippen LogP contribution in [0.25, 0.3) is 0 Å². The number of epoxide rings is 1. The molecule has 1 fully saturated rings. The van der Waals surface area contributed by atoms with Crippen molar-refractivity contribution in [1.82, 2.24) is 0 Å². The van der Waals surface area contributed by atoms with E-state index in [-0.39, 0.29) is 6.61 Å². The van der Waals surface area contributed by atoms with Crippen molar-refractivity contribution in [2.45, 2.75) is 32.3 Å². The van der Waals surface area contributed by atoms with Crippen LogP contribution < -0.4 is 4.74 Å². The van der Waals surface area contributed by atoms with E-state index in [0.29, 0.717) is 13.2 Å². The molecule has 5 nitrogen and oxygen atoms in total. The van der Waals surface area contributed by atoms with Crippen LogP contribution in [-0.4, -0.2) is 25.0 Å². The van der Waals surface area contributed by atoms with Gasteiger partial charge in [0.2, 0.25) is 0 Å². The van der Waals surface area contributed by atoms with Gasteiger partial charge < -0.3 is 18.9 Å². The van der Waals surface area contributed by atoms with Gasteiger partial charge >= 0.3 is 11.8 Å². The second-order valence-corrected chi connectivity index (χ2v) is 6.63. The Balaban J connectivity index is 1.71. The van der Waals surface area contributed by atoms with E-state index >= 15 is 0 Å². The maximum absolute atomic E-state index is 12.2. The lowest BCUT2D eigenvalue weighted by Crippen LogP contribution is -2.31. The van der Waals surface area contributed by atoms with Crippen molar-refractivity contribution < 1.29 is 23.7 Å². The van der Waals surface area contributed by atoms with Crippen LogP contribution in [0.1, 0.15) is 31.1 Å². The SMILES string of the molecule is CCOC(=O)C1(OCC)OC1c1ccc(OCc2ccccc2)cc1Br. The molecule has 0 amide bonds. The van der Waals surface area contributed by atoms with E-state index in [4.69, 9.17) is 18.9 Å². The predicted molar refractivity (Wildman–Crippen MR) is 99.7 cm³/mol. The standard InChI is InChI=1S/C20H21BrO5/c1-3-23-19(22)20(25-4-2)18(26-20)16-11-10-15(12-17(16)21)24-13-14-8-6-5-7-9-14/h5-12,18H,3-4,13H2,1-2H3. The van der Waals surface area contributed by atoms with E-state index in [1.165, 1.54) is 0 Å². The summed E-state index contributed by atoms with van der Waals surface area (Å²) in [5.74, 6) is -1.12. The van der Waals surface area contributed by atoms with E-state index in [1.54, 1.807) is 6.92 Å². The van der Waals surface area contributed by atoms with Gasteiger partial charge in [-0.25, -0.2) is 4.79 Å². The van der Waals surface area contributed by atoms with Crippen molar-refractivity contribution in [1.29, 1.82) is 0 Å². The molecule has 2 aromatic carbocycles. The van der Waals surface area contributed by atoms with Crippen LogP contribution in [0.5, 0.6) is 5.75 Å². The largest absolute Gasteiger partial charge is 0.489 e. The summed E-state index contributed by atoms with van der Waals surface area (Å²) in [6, 6.07) is 15.5. The molecule has 1 saturated heterocycles. The summed E-state index contributed by atoms with van der Waals surface area (Å²) in [5, 5.41) is 0. The fourth-order valence-corrected chi connectivity index (χ4v) is 3.30. The van der Waals surface area contributed by atoms with Gasteiger partial charge in [0.25, 0.3) is 0 Å². The maximum Gasteiger partial charge on any atom is 0.370 e. The van der Waals surface area contributed by atoms with Gasteiger partial charge in [-0.3, -0.25) is 0 Å². The topological polar surface area (TPSA) is 57.3 Å². The lowest BCUT2D eigenvalue weighted by atomic mass is 10.1. The minimum atomic E-state index is -1.35. The number of carbonyl (C=O) groups excluding carboxylic acids is 1. The summed E-state index contributed by atoms with van der Waals surface area (Å²) in [6.45, 7) is 4.68. The van der Waals surface area contributed by atoms with Crippen molar-refractivity contribution in [3.8, 4) is 5.75 Å². The highest BCUT2D eigenvalue weighted by molar-refractivity contribution is 9.10. The molecule has 1 aliphatic heterocycles. The Hall–Kier alpha value is -1.89. The van der Waals surface area contributed by atoms with Crippen LogP contribution in [0.15, 0.2) is 53.0 Å². The Kier molecular flexibility index (Phi) is 5.96. The summed E-state index contributed by atoms with van der Waals surface area (Å²) in [6.07, 6.45) is -0.501. The average molecular weight is 421 g/mol. The first-order valence-electron chi connectivity index (χ1n) is 8.56. The van der Waals surface area contributed by atoms with Crippen LogP contribution >= 0.6 is 15.9 Å². The predicted octanol–water partition coefficient (Wildman–Crippen LogP) is 4.40. The Bertz CT molecular complexity index is 764. The number of ether oxygens (including phenoxy) is 4. The van der Waals surface area contributed by atoms with Crippen molar-refractivity contribution in [2.24, 2.45) is 0 Å². The highest BCUT2D eigenvalue weighted by Crippen LogP contribution is 2.53. The fraction of sp³-hybridized carbons (Fsp3) is 0.350. The summed E-state index contributed by atoms with van der Waals surface area (Å²) in [5.41, 5.74) is 1.91. The number of rotatable bonds is 8. The van der Waals surface area contributed by atoms with Gasteiger partial charge in [-0.1, -0.05) is 52.3 Å². The monoisotopic (exact) mass is 420 g/mol. The average Bonchev–Trinajstić information content (AvgIpc) is 3.37. The molecule has 1 aliphatic rings. The fourth-order valence-electron chi connectivity index (χ4n) is 2.73. The van der Waals surface area contributed by atoms with Crippen molar-refractivity contribution in [3.05, 3.63) is 64.1 Å². The molecular weight excluding hydrogens is 400 g/mol. The lowest BCUT2D eigenvalue weighted by Gasteiger charge is -2.12. The van der Waals surface area contributed by atoms with Crippen molar-refractivity contribution >= 4 is 21.9 Å². The van der Waals surface area contributed by atoms with Crippen LogP contribution in [0.4, 0.5) is 0 Å². The Labute approximate surface area is 161 Å². The Morgan fingerprint density at radius 2 is 1.92 bits per heavy atom. The molecule has 0 aliphatic carbocycles. The third-order valence-corrected chi connectivity index (χ3v) is 4.69. The molecule has 0 spiro atoms. The van der Waals surface area contributed by atoms with Gasteiger partial charge in [0.05, 0.1) is 6.61 Å². The molecule has 6 heteroatoms. The number of halogens is 1. The molecule has 26 heavy (non-hydrogen) atoms. The van der Waals surface area contributed by atoms with E-state index in [0.717, 1.165) is 21.3 Å². The zero-order chi connectivity index (χ0) is 18.6. The minimum absolute atomic E-state index is 0.275. The normalized spacial score (nSPS) is 21.3. The number of hydrogen-bond donors (Lipinski definition) is 0. The molecule has 0 saturated carbocycles. The molecule has 3 rings (SSSR count). The quantitative estimate of drug-likeness (QED) is 0.467. The first-order chi connectivity index (χ1) is 12.6. The summed E-state index contributed by atoms with van der Waals surface area (Å²) in [4.78, 5) is 12.2. The molecule has 2 atom stereocenters. The number of hydrogen-bond acceptors (Lipinski definition) is 5. The molecule has 138 valence electrons. The Morgan fingerprint density at radius 3 is 2.58 bits per heavy atom. The zero-order valence-electron chi connectivity index (χ0n) is 14.7. The van der Waals surface area contributed by atoms with E-state index in [1.807, 2.05) is 55.5 Å². The van der Waals surface area contributed by atoms with Gasteiger partial charge in [0.15, 0.2) is 6.10 Å². The van der Waals surface area contributed by atoms with Crippen LogP contribution in [0.3, 0.4) is 0 Å². The molecule has 1 heterocycles. The molecule has 0 N–H and O–H groups in total. The summed E-state index contributed by atoms with van der Waals surface area (Å²) in [7, 11) is 0. The molecule has 2 unspecified atom stereocenters. The number of benzene rings is 2. The highest BCUT2D eigenvalue weighted by atomic mass is 79.9. The number of esters is 1. The second kappa shape index (κ2) is 8.20. The smallest absolute Gasteiger partial charge is 0.370 e.